The molecule has 21 heavy (non-hydrogen) atoms. The molecule has 2 heterocycles. The summed E-state index contributed by atoms with van der Waals surface area (Å²) in [6, 6.07) is 5.13. The van der Waals surface area contributed by atoms with E-state index in [0.717, 1.165) is 0 Å². The fraction of sp³-hybridized carbons (Fsp3) is 0.250. The molecule has 0 aliphatic rings. The van der Waals surface area contributed by atoms with Gasteiger partial charge in [-0.1, -0.05) is 4.68 Å². The topological polar surface area (TPSA) is 124 Å². The van der Waals surface area contributed by atoms with Crippen molar-refractivity contribution >= 4 is 10.1 Å². The summed E-state index contributed by atoms with van der Waals surface area (Å²) >= 11 is 0. The second-order valence-corrected chi connectivity index (χ2v) is 5.69. The van der Waals surface area contributed by atoms with Crippen molar-refractivity contribution < 1.29 is 17.7 Å². The average Bonchev–Trinajstić information content (AvgIpc) is 2.47. The Morgan fingerprint density at radius 3 is 2.81 bits per heavy atom. The van der Waals surface area contributed by atoms with Gasteiger partial charge in [-0.2, -0.15) is 5.26 Å². The largest absolute Gasteiger partial charge is 0.748 e. The molecule has 0 aliphatic heterocycles. The lowest BCUT2D eigenvalue weighted by Crippen LogP contribution is -2.38. The van der Waals surface area contributed by atoms with Gasteiger partial charge in [-0.25, -0.2) is 18.4 Å². The van der Waals surface area contributed by atoms with Crippen molar-refractivity contribution in [3.8, 4) is 17.5 Å². The number of rotatable bonds is 5. The first-order chi connectivity index (χ1) is 9.98. The minimum Gasteiger partial charge on any atom is -0.748 e. The van der Waals surface area contributed by atoms with E-state index in [2.05, 4.69) is 15.1 Å². The summed E-state index contributed by atoms with van der Waals surface area (Å²) in [6.07, 6.45) is 4.83. The summed E-state index contributed by atoms with van der Waals surface area (Å²) in [5.41, 5.74) is 0.900. The fourth-order valence-corrected chi connectivity index (χ4v) is 2.09. The molecule has 0 fully saturated rings. The molecule has 0 saturated heterocycles. The molecule has 0 unspecified atom stereocenters. The van der Waals surface area contributed by atoms with Gasteiger partial charge in [0.25, 0.3) is 0 Å². The van der Waals surface area contributed by atoms with E-state index in [4.69, 9.17) is 5.26 Å². The van der Waals surface area contributed by atoms with Gasteiger partial charge in [0.05, 0.1) is 10.1 Å². The molecule has 0 saturated carbocycles. The normalized spacial score (nSPS) is 11.0. The van der Waals surface area contributed by atoms with E-state index in [-0.39, 0.29) is 12.1 Å². The van der Waals surface area contributed by atoms with Gasteiger partial charge in [-0.3, -0.25) is 0 Å². The van der Waals surface area contributed by atoms with Crippen molar-refractivity contribution in [3.05, 3.63) is 36.4 Å². The van der Waals surface area contributed by atoms with E-state index in [1.54, 1.807) is 12.3 Å². The molecule has 108 valence electrons. The number of nitrogens with zero attached hydrogens (tertiary/aromatic N) is 5. The van der Waals surface area contributed by atoms with Crippen LogP contribution in [0.5, 0.6) is 0 Å². The van der Waals surface area contributed by atoms with E-state index < -0.39 is 15.9 Å². The highest BCUT2D eigenvalue weighted by molar-refractivity contribution is 7.85. The zero-order chi connectivity index (χ0) is 15.3. The molecular formula is C12H11N5O3S. The van der Waals surface area contributed by atoms with Crippen LogP contribution in [-0.2, 0) is 16.7 Å². The van der Waals surface area contributed by atoms with E-state index in [1.807, 2.05) is 6.07 Å². The summed E-state index contributed by atoms with van der Waals surface area (Å²) in [5, 5.41) is 12.9. The lowest BCUT2D eigenvalue weighted by molar-refractivity contribution is -0.753. The molecule has 0 bridgehead atoms. The second-order valence-electron chi connectivity index (χ2n) is 4.17. The third kappa shape index (κ3) is 4.55. The summed E-state index contributed by atoms with van der Waals surface area (Å²) < 4.78 is 33.0. The van der Waals surface area contributed by atoms with Gasteiger partial charge in [-0.15, -0.1) is 0 Å². The number of hydrogen-bond acceptors (Lipinski definition) is 7. The molecule has 2 rings (SSSR count). The van der Waals surface area contributed by atoms with Crippen molar-refractivity contribution in [1.82, 2.24) is 15.1 Å². The van der Waals surface area contributed by atoms with Crippen LogP contribution in [-0.4, -0.2) is 33.8 Å². The molecule has 0 atom stereocenters. The first-order valence-electron chi connectivity index (χ1n) is 6.01. The molecule has 0 radical (unpaired) electrons. The minimum atomic E-state index is -4.19. The van der Waals surface area contributed by atoms with E-state index in [1.165, 1.54) is 23.1 Å². The Kier molecular flexibility index (Phi) is 4.52. The number of aryl methyl sites for hydroxylation is 1. The van der Waals surface area contributed by atoms with Crippen LogP contribution in [0, 0.1) is 11.3 Å². The lowest BCUT2D eigenvalue weighted by atomic mass is 10.3. The number of aromatic nitrogens is 4. The average molecular weight is 305 g/mol. The van der Waals surface area contributed by atoms with Crippen LogP contribution in [0.3, 0.4) is 0 Å². The monoisotopic (exact) mass is 305 g/mol. The molecular weight excluding hydrogens is 294 g/mol. The first-order valence-corrected chi connectivity index (χ1v) is 7.58. The maximum absolute atomic E-state index is 10.5. The highest BCUT2D eigenvalue weighted by Gasteiger charge is 2.08. The molecule has 0 aromatic carbocycles. The van der Waals surface area contributed by atoms with Gasteiger partial charge < -0.3 is 4.55 Å². The summed E-state index contributed by atoms with van der Waals surface area (Å²) in [4.78, 5) is 8.09. The Hall–Kier alpha value is -2.44. The van der Waals surface area contributed by atoms with Gasteiger partial charge in [0.1, 0.15) is 18.0 Å². The fourth-order valence-electron chi connectivity index (χ4n) is 1.61. The van der Waals surface area contributed by atoms with Gasteiger partial charge in [-0.05, 0) is 11.2 Å². The van der Waals surface area contributed by atoms with E-state index in [9.17, 15) is 13.0 Å². The molecule has 0 spiro atoms. The van der Waals surface area contributed by atoms with Gasteiger partial charge in [0, 0.05) is 30.0 Å². The van der Waals surface area contributed by atoms with E-state index >= 15 is 0 Å². The predicted molar refractivity (Wildman–Crippen MR) is 69.4 cm³/mol. The summed E-state index contributed by atoms with van der Waals surface area (Å²) in [5.74, 6) is -0.0349. The van der Waals surface area contributed by atoms with Crippen molar-refractivity contribution in [2.75, 3.05) is 5.75 Å². The van der Waals surface area contributed by atoms with Crippen molar-refractivity contribution in [1.29, 1.82) is 5.26 Å². The SMILES string of the molecule is N#Cc1ccnc(-c2cc[n+](CCCS(=O)(=O)[O-])nc2)n1. The molecule has 2 aromatic rings. The van der Waals surface area contributed by atoms with E-state index in [0.29, 0.717) is 17.9 Å². The molecule has 0 aliphatic carbocycles. The molecule has 8 nitrogen and oxygen atoms in total. The minimum absolute atomic E-state index is 0.198. The van der Waals surface area contributed by atoms with Crippen LogP contribution in [0.1, 0.15) is 12.1 Å². The van der Waals surface area contributed by atoms with Crippen LogP contribution in [0.15, 0.2) is 30.7 Å². The Morgan fingerprint density at radius 2 is 2.19 bits per heavy atom. The van der Waals surface area contributed by atoms with Crippen LogP contribution in [0.4, 0.5) is 0 Å². The van der Waals surface area contributed by atoms with Crippen molar-refractivity contribution in [2.24, 2.45) is 0 Å². The van der Waals surface area contributed by atoms with Crippen LogP contribution >= 0.6 is 0 Å². The molecule has 2 aromatic heterocycles. The third-order valence-corrected chi connectivity index (χ3v) is 3.37. The van der Waals surface area contributed by atoms with Crippen LogP contribution in [0.25, 0.3) is 11.4 Å². The lowest BCUT2D eigenvalue weighted by Gasteiger charge is -2.03. The summed E-state index contributed by atoms with van der Waals surface area (Å²) in [7, 11) is -4.19. The van der Waals surface area contributed by atoms with Crippen LogP contribution < -0.4 is 4.68 Å². The Balaban J connectivity index is 2.06. The highest BCUT2D eigenvalue weighted by atomic mass is 32.2. The van der Waals surface area contributed by atoms with Crippen LogP contribution in [0.2, 0.25) is 0 Å². The maximum atomic E-state index is 10.5. The number of nitriles is 1. The maximum Gasteiger partial charge on any atom is 0.197 e. The Morgan fingerprint density at radius 1 is 1.38 bits per heavy atom. The number of hydrogen-bond donors (Lipinski definition) is 0. The standard InChI is InChI=1S/C12H11N5O3S/c13-8-11-2-4-14-12(16-11)10-3-6-17(15-9-10)5-1-7-21(18,19)20/h2-4,6,9H,1,5,7H2. The molecule has 0 N–H and O–H groups in total. The predicted octanol–water partition coefficient (Wildman–Crippen LogP) is -0.367. The molecule has 9 heteroatoms. The third-order valence-electron chi connectivity index (χ3n) is 2.58. The van der Waals surface area contributed by atoms with Gasteiger partial charge >= 0.3 is 0 Å². The quantitative estimate of drug-likeness (QED) is 0.545. The van der Waals surface area contributed by atoms with Gasteiger partial charge in [0.15, 0.2) is 18.6 Å². The van der Waals surface area contributed by atoms with Crippen molar-refractivity contribution in [2.45, 2.75) is 13.0 Å². The molecule has 0 amide bonds. The Bertz CT molecular complexity index is 768. The zero-order valence-electron chi connectivity index (χ0n) is 10.9. The Labute approximate surface area is 121 Å². The second kappa shape index (κ2) is 6.34. The first kappa shape index (κ1) is 15.0. The zero-order valence-corrected chi connectivity index (χ0v) is 11.7. The van der Waals surface area contributed by atoms with Gasteiger partial charge in [0.2, 0.25) is 0 Å². The smallest absolute Gasteiger partial charge is 0.197 e. The highest BCUT2D eigenvalue weighted by Crippen LogP contribution is 2.10. The summed E-state index contributed by atoms with van der Waals surface area (Å²) in [6.45, 7) is 0.320. The van der Waals surface area contributed by atoms with Crippen molar-refractivity contribution in [3.63, 3.8) is 0 Å².